The van der Waals surface area contributed by atoms with Crippen LogP contribution >= 0.6 is 23.4 Å². The predicted molar refractivity (Wildman–Crippen MR) is 78.6 cm³/mol. The topological polar surface area (TPSA) is 44.2 Å². The molecule has 0 amide bonds. The fraction of sp³-hybridized carbons (Fsp3) is 0.286. The van der Waals surface area contributed by atoms with Crippen LogP contribution in [0.5, 0.6) is 11.5 Å². The van der Waals surface area contributed by atoms with Crippen molar-refractivity contribution in [2.75, 3.05) is 6.79 Å². The third-order valence-electron chi connectivity index (χ3n) is 2.86. The van der Waals surface area contributed by atoms with Gasteiger partial charge in [0.2, 0.25) is 6.79 Å². The number of halogens is 1. The van der Waals surface area contributed by atoms with Gasteiger partial charge < -0.3 is 9.47 Å². The monoisotopic (exact) mass is 308 g/mol. The highest BCUT2D eigenvalue weighted by Crippen LogP contribution is 2.38. The lowest BCUT2D eigenvalue weighted by Gasteiger charge is -2.06. The molecule has 3 rings (SSSR count). The number of aryl methyl sites for hydroxylation is 2. The molecule has 20 heavy (non-hydrogen) atoms. The molecule has 0 N–H and O–H groups in total. The molecule has 2 aromatic rings. The van der Waals surface area contributed by atoms with Gasteiger partial charge in [0.1, 0.15) is 0 Å². The number of nitrogens with zero attached hydrogens (tertiary/aromatic N) is 2. The van der Waals surface area contributed by atoms with Crippen molar-refractivity contribution in [2.24, 2.45) is 0 Å². The summed E-state index contributed by atoms with van der Waals surface area (Å²) in [5.41, 5.74) is 2.93. The summed E-state index contributed by atoms with van der Waals surface area (Å²) in [7, 11) is 0. The number of benzene rings is 1. The first-order valence-electron chi connectivity index (χ1n) is 6.15. The molecule has 0 spiro atoms. The number of rotatable bonds is 3. The Balaban J connectivity index is 1.78. The molecule has 1 aromatic heterocycles. The molecule has 1 aliphatic heterocycles. The Bertz CT molecular complexity index is 644. The van der Waals surface area contributed by atoms with Crippen molar-refractivity contribution in [3.8, 4) is 11.5 Å². The summed E-state index contributed by atoms with van der Waals surface area (Å²) >= 11 is 7.81. The number of thioether (sulfide) groups is 1. The molecule has 0 saturated carbocycles. The third kappa shape index (κ3) is 2.83. The second-order valence-corrected chi connectivity index (χ2v) is 5.87. The van der Waals surface area contributed by atoms with Crippen molar-refractivity contribution in [1.82, 2.24) is 9.97 Å². The lowest BCUT2D eigenvalue weighted by Crippen LogP contribution is -1.93. The highest BCUT2D eigenvalue weighted by Gasteiger charge is 2.16. The number of hydrogen-bond acceptors (Lipinski definition) is 5. The predicted octanol–water partition coefficient (Wildman–Crippen LogP) is 3.77. The van der Waals surface area contributed by atoms with Gasteiger partial charge in [-0.3, -0.25) is 0 Å². The molecule has 0 atom stereocenters. The van der Waals surface area contributed by atoms with E-state index in [0.29, 0.717) is 16.5 Å². The normalized spacial score (nSPS) is 12.8. The highest BCUT2D eigenvalue weighted by atomic mass is 35.5. The zero-order valence-corrected chi connectivity index (χ0v) is 12.7. The highest BCUT2D eigenvalue weighted by molar-refractivity contribution is 7.98. The van der Waals surface area contributed by atoms with Gasteiger partial charge in [0.05, 0.1) is 0 Å². The molecule has 0 radical (unpaired) electrons. The third-order valence-corrected chi connectivity index (χ3v) is 4.11. The summed E-state index contributed by atoms with van der Waals surface area (Å²) in [4.78, 5) is 8.81. The second-order valence-electron chi connectivity index (χ2n) is 4.52. The van der Waals surface area contributed by atoms with E-state index in [0.717, 1.165) is 27.9 Å². The Labute approximate surface area is 126 Å². The minimum Gasteiger partial charge on any atom is -0.454 e. The first kappa shape index (κ1) is 13.5. The van der Waals surface area contributed by atoms with Crippen LogP contribution in [0.3, 0.4) is 0 Å². The zero-order chi connectivity index (χ0) is 14.1. The largest absolute Gasteiger partial charge is 0.454 e. The van der Waals surface area contributed by atoms with E-state index in [4.69, 9.17) is 21.1 Å². The Morgan fingerprint density at radius 2 is 1.75 bits per heavy atom. The standard InChI is InChI=1S/C14H13ClN2O2S/c1-8-3-9(2)17-14(16-8)20-6-10-4-12-13(5-11(10)15)19-7-18-12/h3-5H,6-7H2,1-2H3. The van der Waals surface area contributed by atoms with E-state index in [2.05, 4.69) is 9.97 Å². The molecule has 104 valence electrons. The van der Waals surface area contributed by atoms with Crippen molar-refractivity contribution < 1.29 is 9.47 Å². The van der Waals surface area contributed by atoms with Crippen LogP contribution in [0.4, 0.5) is 0 Å². The van der Waals surface area contributed by atoms with Crippen LogP contribution in [0, 0.1) is 13.8 Å². The van der Waals surface area contributed by atoms with Crippen LogP contribution in [-0.2, 0) is 5.75 Å². The van der Waals surface area contributed by atoms with Crippen LogP contribution in [0.1, 0.15) is 17.0 Å². The number of fused-ring (bicyclic) bond motifs is 1. The lowest BCUT2D eigenvalue weighted by atomic mass is 10.2. The van der Waals surface area contributed by atoms with Gasteiger partial charge in [0, 0.05) is 28.2 Å². The summed E-state index contributed by atoms with van der Waals surface area (Å²) in [5.74, 6) is 2.14. The fourth-order valence-electron chi connectivity index (χ4n) is 1.97. The molecule has 1 aliphatic rings. The Morgan fingerprint density at radius 3 is 2.45 bits per heavy atom. The number of ether oxygens (including phenoxy) is 2. The van der Waals surface area contributed by atoms with Gasteiger partial charge in [0.25, 0.3) is 0 Å². The quantitative estimate of drug-likeness (QED) is 0.638. The van der Waals surface area contributed by atoms with Gasteiger partial charge in [-0.15, -0.1) is 0 Å². The van der Waals surface area contributed by atoms with E-state index < -0.39 is 0 Å². The first-order valence-corrected chi connectivity index (χ1v) is 7.51. The summed E-state index contributed by atoms with van der Waals surface area (Å²) < 4.78 is 10.7. The van der Waals surface area contributed by atoms with E-state index in [1.165, 1.54) is 0 Å². The van der Waals surface area contributed by atoms with Gasteiger partial charge in [-0.25, -0.2) is 9.97 Å². The first-order chi connectivity index (χ1) is 9.61. The fourth-order valence-corrected chi connectivity index (χ4v) is 3.21. The lowest BCUT2D eigenvalue weighted by molar-refractivity contribution is 0.174. The summed E-state index contributed by atoms with van der Waals surface area (Å²) in [5, 5.41) is 1.43. The molecule has 4 nitrogen and oxygen atoms in total. The summed E-state index contributed by atoms with van der Waals surface area (Å²) in [6.07, 6.45) is 0. The SMILES string of the molecule is Cc1cc(C)nc(SCc2cc3c(cc2Cl)OCO3)n1. The van der Waals surface area contributed by atoms with Crippen molar-refractivity contribution in [3.63, 3.8) is 0 Å². The molecule has 2 heterocycles. The van der Waals surface area contributed by atoms with Crippen LogP contribution in [0.25, 0.3) is 0 Å². The van der Waals surface area contributed by atoms with Gasteiger partial charge in [-0.05, 0) is 31.5 Å². The molecular weight excluding hydrogens is 296 g/mol. The maximum absolute atomic E-state index is 6.25. The van der Waals surface area contributed by atoms with Crippen molar-refractivity contribution in [1.29, 1.82) is 0 Å². The van der Waals surface area contributed by atoms with Crippen molar-refractivity contribution in [2.45, 2.75) is 24.8 Å². The Morgan fingerprint density at radius 1 is 1.10 bits per heavy atom. The van der Waals surface area contributed by atoms with E-state index in [1.54, 1.807) is 17.8 Å². The average molecular weight is 309 g/mol. The zero-order valence-electron chi connectivity index (χ0n) is 11.1. The Kier molecular flexibility index (Phi) is 3.72. The maximum Gasteiger partial charge on any atom is 0.231 e. The molecule has 0 bridgehead atoms. The molecule has 0 fully saturated rings. The number of aromatic nitrogens is 2. The second kappa shape index (κ2) is 5.50. The van der Waals surface area contributed by atoms with Crippen LogP contribution < -0.4 is 9.47 Å². The Hall–Kier alpha value is -1.46. The summed E-state index contributed by atoms with van der Waals surface area (Å²) in [6.45, 7) is 4.18. The van der Waals surface area contributed by atoms with Gasteiger partial charge in [-0.1, -0.05) is 23.4 Å². The average Bonchev–Trinajstić information content (AvgIpc) is 2.81. The van der Waals surface area contributed by atoms with Crippen LogP contribution in [0.2, 0.25) is 5.02 Å². The number of hydrogen-bond donors (Lipinski definition) is 0. The van der Waals surface area contributed by atoms with E-state index in [9.17, 15) is 0 Å². The van der Waals surface area contributed by atoms with Crippen molar-refractivity contribution >= 4 is 23.4 Å². The van der Waals surface area contributed by atoms with Gasteiger partial charge in [-0.2, -0.15) is 0 Å². The van der Waals surface area contributed by atoms with Gasteiger partial charge in [0.15, 0.2) is 16.7 Å². The molecule has 0 aliphatic carbocycles. The van der Waals surface area contributed by atoms with Crippen molar-refractivity contribution in [3.05, 3.63) is 40.2 Å². The maximum atomic E-state index is 6.25. The van der Waals surface area contributed by atoms with Crippen LogP contribution in [-0.4, -0.2) is 16.8 Å². The van der Waals surface area contributed by atoms with Crippen LogP contribution in [0.15, 0.2) is 23.4 Å². The molecule has 6 heteroatoms. The smallest absolute Gasteiger partial charge is 0.231 e. The molecule has 1 aromatic carbocycles. The van der Waals surface area contributed by atoms with E-state index in [-0.39, 0.29) is 6.79 Å². The van der Waals surface area contributed by atoms with E-state index in [1.807, 2.05) is 26.0 Å². The summed E-state index contributed by atoms with van der Waals surface area (Å²) in [6, 6.07) is 5.67. The minimum absolute atomic E-state index is 0.252. The minimum atomic E-state index is 0.252. The van der Waals surface area contributed by atoms with E-state index >= 15 is 0 Å². The molecular formula is C14H13ClN2O2S. The molecule has 0 saturated heterocycles. The van der Waals surface area contributed by atoms with Gasteiger partial charge >= 0.3 is 0 Å². The molecule has 0 unspecified atom stereocenters.